The molecule has 2 rings (SSSR count). The number of aryl methyl sites for hydroxylation is 1. The lowest BCUT2D eigenvalue weighted by molar-refractivity contribution is 0.156. The molecule has 1 aromatic carbocycles. The van der Waals surface area contributed by atoms with Gasteiger partial charge in [-0.15, -0.1) is 0 Å². The summed E-state index contributed by atoms with van der Waals surface area (Å²) >= 11 is 0. The average molecular weight is 276 g/mol. The topological polar surface area (TPSA) is 41.6 Å². The van der Waals surface area contributed by atoms with E-state index in [-0.39, 0.29) is 6.09 Å². The number of nitrogens with one attached hydrogen (secondary N) is 1. The molecule has 0 heterocycles. The zero-order valence-electron chi connectivity index (χ0n) is 12.6. The van der Waals surface area contributed by atoms with Crippen LogP contribution in [-0.2, 0) is 4.74 Å². The molecule has 1 fully saturated rings. The Kier molecular flexibility index (Phi) is 4.88. The number of benzene rings is 1. The number of carbonyl (C=O) groups excluding carboxylic acids is 1. The van der Waals surface area contributed by atoms with Gasteiger partial charge in [-0.25, -0.2) is 4.79 Å². The fraction of sp³-hybridized carbons (Fsp3) is 0.562. The molecule has 1 aromatic rings. The van der Waals surface area contributed by atoms with Crippen molar-refractivity contribution in [3.05, 3.63) is 23.8 Å². The molecule has 0 radical (unpaired) electrons. The van der Waals surface area contributed by atoms with E-state index in [1.54, 1.807) is 0 Å². The van der Waals surface area contributed by atoms with Crippen molar-refractivity contribution in [1.29, 1.82) is 0 Å². The second-order valence-corrected chi connectivity index (χ2v) is 5.34. The third-order valence-electron chi connectivity index (χ3n) is 3.72. The standard InChI is InChI=1S/C16H24N2O2/c1-4-18(5-2)14-8-9-15(12(3)10-14)17-16(19)20-11-13-6-7-13/h8-10,13H,4-7,11H2,1-3H3,(H,17,19). The van der Waals surface area contributed by atoms with E-state index < -0.39 is 0 Å². The van der Waals surface area contributed by atoms with Gasteiger partial charge in [-0.3, -0.25) is 5.32 Å². The third kappa shape index (κ3) is 3.89. The fourth-order valence-electron chi connectivity index (χ4n) is 2.20. The molecule has 1 saturated carbocycles. The number of nitrogens with zero attached hydrogens (tertiary/aromatic N) is 1. The number of ether oxygens (including phenoxy) is 1. The Morgan fingerprint density at radius 3 is 2.60 bits per heavy atom. The highest BCUT2D eigenvalue weighted by Gasteiger charge is 2.23. The van der Waals surface area contributed by atoms with Gasteiger partial charge in [0.05, 0.1) is 6.61 Å². The first kappa shape index (κ1) is 14.7. The maximum absolute atomic E-state index is 11.7. The summed E-state index contributed by atoms with van der Waals surface area (Å²) in [6.07, 6.45) is 2.02. The van der Waals surface area contributed by atoms with E-state index >= 15 is 0 Å². The fourth-order valence-corrected chi connectivity index (χ4v) is 2.20. The molecule has 0 saturated heterocycles. The summed E-state index contributed by atoms with van der Waals surface area (Å²) in [5, 5.41) is 2.82. The van der Waals surface area contributed by atoms with Crippen molar-refractivity contribution in [3.63, 3.8) is 0 Å². The minimum absolute atomic E-state index is 0.351. The first-order valence-electron chi connectivity index (χ1n) is 7.43. The van der Waals surface area contributed by atoms with Crippen molar-refractivity contribution in [2.24, 2.45) is 5.92 Å². The summed E-state index contributed by atoms with van der Waals surface area (Å²) in [6, 6.07) is 6.08. The lowest BCUT2D eigenvalue weighted by Crippen LogP contribution is -2.22. The lowest BCUT2D eigenvalue weighted by atomic mass is 10.1. The van der Waals surface area contributed by atoms with Gasteiger partial charge in [0.15, 0.2) is 0 Å². The second kappa shape index (κ2) is 6.64. The highest BCUT2D eigenvalue weighted by molar-refractivity contribution is 5.86. The molecule has 4 heteroatoms. The van der Waals surface area contributed by atoms with Crippen LogP contribution in [0.5, 0.6) is 0 Å². The highest BCUT2D eigenvalue weighted by atomic mass is 16.5. The van der Waals surface area contributed by atoms with Gasteiger partial charge in [-0.05, 0) is 63.3 Å². The van der Waals surface area contributed by atoms with Crippen LogP contribution in [0.15, 0.2) is 18.2 Å². The van der Waals surface area contributed by atoms with Crippen LogP contribution >= 0.6 is 0 Å². The summed E-state index contributed by atoms with van der Waals surface area (Å²) in [5.41, 5.74) is 3.06. The average Bonchev–Trinajstić information content (AvgIpc) is 3.25. The molecular formula is C16H24N2O2. The van der Waals surface area contributed by atoms with E-state index in [1.807, 2.05) is 19.1 Å². The van der Waals surface area contributed by atoms with Gasteiger partial charge >= 0.3 is 6.09 Å². The first-order valence-corrected chi connectivity index (χ1v) is 7.43. The molecule has 1 amide bonds. The van der Waals surface area contributed by atoms with E-state index in [0.717, 1.165) is 24.3 Å². The molecule has 0 spiro atoms. The minimum Gasteiger partial charge on any atom is -0.449 e. The molecule has 1 aliphatic rings. The molecule has 0 bridgehead atoms. The largest absolute Gasteiger partial charge is 0.449 e. The minimum atomic E-state index is -0.351. The van der Waals surface area contributed by atoms with E-state index in [1.165, 1.54) is 18.5 Å². The predicted molar refractivity (Wildman–Crippen MR) is 82.4 cm³/mol. The van der Waals surface area contributed by atoms with Crippen LogP contribution < -0.4 is 10.2 Å². The van der Waals surface area contributed by atoms with Crippen molar-refractivity contribution < 1.29 is 9.53 Å². The molecule has 20 heavy (non-hydrogen) atoms. The third-order valence-corrected chi connectivity index (χ3v) is 3.72. The van der Waals surface area contributed by atoms with Crippen LogP contribution in [0.2, 0.25) is 0 Å². The van der Waals surface area contributed by atoms with Crippen molar-refractivity contribution in [2.45, 2.75) is 33.6 Å². The molecule has 0 unspecified atom stereocenters. The normalized spacial score (nSPS) is 13.9. The number of amides is 1. The van der Waals surface area contributed by atoms with Gasteiger partial charge in [0, 0.05) is 24.5 Å². The molecule has 0 aromatic heterocycles. The molecule has 0 aliphatic heterocycles. The molecule has 1 aliphatic carbocycles. The molecule has 1 N–H and O–H groups in total. The Balaban J connectivity index is 1.95. The summed E-state index contributed by atoms with van der Waals surface area (Å²) < 4.78 is 5.18. The van der Waals surface area contributed by atoms with Crippen molar-refractivity contribution in [3.8, 4) is 0 Å². The molecule has 110 valence electrons. The number of hydrogen-bond acceptors (Lipinski definition) is 3. The first-order chi connectivity index (χ1) is 9.63. The Bertz CT molecular complexity index is 466. The lowest BCUT2D eigenvalue weighted by Gasteiger charge is -2.22. The number of rotatable bonds is 6. The SMILES string of the molecule is CCN(CC)c1ccc(NC(=O)OCC2CC2)c(C)c1. The Hall–Kier alpha value is -1.71. The molecule has 4 nitrogen and oxygen atoms in total. The van der Waals surface area contributed by atoms with Crippen LogP contribution in [0.4, 0.5) is 16.2 Å². The molecule has 0 atom stereocenters. The van der Waals surface area contributed by atoms with Gasteiger partial charge in [-0.1, -0.05) is 0 Å². The summed E-state index contributed by atoms with van der Waals surface area (Å²) in [6.45, 7) is 8.78. The zero-order valence-corrected chi connectivity index (χ0v) is 12.6. The maximum atomic E-state index is 11.7. The van der Waals surface area contributed by atoms with Gasteiger partial charge in [0.25, 0.3) is 0 Å². The van der Waals surface area contributed by atoms with Crippen LogP contribution in [-0.4, -0.2) is 25.8 Å². The van der Waals surface area contributed by atoms with Crippen LogP contribution in [0, 0.1) is 12.8 Å². The van der Waals surface area contributed by atoms with Crippen molar-refractivity contribution in [2.75, 3.05) is 29.9 Å². The summed E-state index contributed by atoms with van der Waals surface area (Å²) in [5.74, 6) is 0.590. The highest BCUT2D eigenvalue weighted by Crippen LogP contribution is 2.29. The Morgan fingerprint density at radius 2 is 2.05 bits per heavy atom. The Morgan fingerprint density at radius 1 is 1.35 bits per heavy atom. The van der Waals surface area contributed by atoms with Crippen molar-refractivity contribution in [1.82, 2.24) is 0 Å². The summed E-state index contributed by atoms with van der Waals surface area (Å²) in [7, 11) is 0. The quantitative estimate of drug-likeness (QED) is 0.859. The van der Waals surface area contributed by atoms with Crippen molar-refractivity contribution >= 4 is 17.5 Å². The maximum Gasteiger partial charge on any atom is 0.411 e. The van der Waals surface area contributed by atoms with Crippen LogP contribution in [0.25, 0.3) is 0 Å². The van der Waals surface area contributed by atoms with Gasteiger partial charge < -0.3 is 9.64 Å². The smallest absolute Gasteiger partial charge is 0.411 e. The zero-order chi connectivity index (χ0) is 14.5. The summed E-state index contributed by atoms with van der Waals surface area (Å²) in [4.78, 5) is 14.0. The predicted octanol–water partition coefficient (Wildman–Crippen LogP) is 3.80. The number of hydrogen-bond donors (Lipinski definition) is 1. The van der Waals surface area contributed by atoms with E-state index in [4.69, 9.17) is 4.74 Å². The number of carbonyl (C=O) groups is 1. The second-order valence-electron chi connectivity index (χ2n) is 5.34. The van der Waals surface area contributed by atoms with Crippen LogP contribution in [0.1, 0.15) is 32.3 Å². The van der Waals surface area contributed by atoms with E-state index in [2.05, 4.69) is 30.1 Å². The molecular weight excluding hydrogens is 252 g/mol. The van der Waals surface area contributed by atoms with Crippen LogP contribution in [0.3, 0.4) is 0 Å². The Labute approximate surface area is 121 Å². The monoisotopic (exact) mass is 276 g/mol. The number of anilines is 2. The van der Waals surface area contributed by atoms with E-state index in [9.17, 15) is 4.79 Å². The van der Waals surface area contributed by atoms with Gasteiger partial charge in [0.2, 0.25) is 0 Å². The van der Waals surface area contributed by atoms with Gasteiger partial charge in [-0.2, -0.15) is 0 Å². The van der Waals surface area contributed by atoms with E-state index in [0.29, 0.717) is 12.5 Å². The van der Waals surface area contributed by atoms with Gasteiger partial charge in [0.1, 0.15) is 0 Å².